The van der Waals surface area contributed by atoms with Gasteiger partial charge in [0, 0.05) is 31.6 Å². The van der Waals surface area contributed by atoms with Crippen molar-refractivity contribution >= 4 is 12.0 Å². The van der Waals surface area contributed by atoms with Gasteiger partial charge in [0.25, 0.3) is 0 Å². The summed E-state index contributed by atoms with van der Waals surface area (Å²) in [6, 6.07) is 12.1. The second-order valence-electron chi connectivity index (χ2n) is 6.55. The maximum absolute atomic E-state index is 12.9. The van der Waals surface area contributed by atoms with Gasteiger partial charge in [-0.2, -0.15) is 0 Å². The molecule has 1 aliphatic heterocycles. The molecule has 132 valence electrons. The SMILES string of the molecule is COc1ccc(/C=C\C(=O)N2CCCCC[C@H]2c2cccn2C)cc1. The highest BCUT2D eigenvalue weighted by molar-refractivity contribution is 5.92. The van der Waals surface area contributed by atoms with Crippen LogP contribution in [-0.2, 0) is 11.8 Å². The van der Waals surface area contributed by atoms with E-state index in [9.17, 15) is 4.79 Å². The van der Waals surface area contributed by atoms with Crippen molar-refractivity contribution in [2.45, 2.75) is 31.7 Å². The normalized spacial score (nSPS) is 18.3. The zero-order chi connectivity index (χ0) is 17.6. The van der Waals surface area contributed by atoms with Crippen LogP contribution in [0, 0.1) is 0 Å². The van der Waals surface area contributed by atoms with Crippen LogP contribution in [0.3, 0.4) is 0 Å². The second kappa shape index (κ2) is 8.06. The van der Waals surface area contributed by atoms with Gasteiger partial charge in [0.2, 0.25) is 5.91 Å². The van der Waals surface area contributed by atoms with Crippen molar-refractivity contribution < 1.29 is 9.53 Å². The van der Waals surface area contributed by atoms with Crippen LogP contribution >= 0.6 is 0 Å². The summed E-state index contributed by atoms with van der Waals surface area (Å²) in [5.74, 6) is 0.906. The Kier molecular flexibility index (Phi) is 5.59. The zero-order valence-corrected chi connectivity index (χ0v) is 15.0. The molecule has 1 aromatic carbocycles. The van der Waals surface area contributed by atoms with Crippen LogP contribution in [0.4, 0.5) is 0 Å². The smallest absolute Gasteiger partial charge is 0.247 e. The van der Waals surface area contributed by atoms with Crippen molar-refractivity contribution in [1.82, 2.24) is 9.47 Å². The van der Waals surface area contributed by atoms with Crippen LogP contribution in [0.15, 0.2) is 48.7 Å². The van der Waals surface area contributed by atoms with E-state index in [0.717, 1.165) is 30.7 Å². The topological polar surface area (TPSA) is 34.5 Å². The summed E-state index contributed by atoms with van der Waals surface area (Å²) in [4.78, 5) is 14.9. The van der Waals surface area contributed by atoms with Crippen LogP contribution in [0.25, 0.3) is 6.08 Å². The van der Waals surface area contributed by atoms with Crippen LogP contribution < -0.4 is 4.74 Å². The molecule has 1 fully saturated rings. The largest absolute Gasteiger partial charge is 0.497 e. The average molecular weight is 338 g/mol. The Hall–Kier alpha value is -2.49. The zero-order valence-electron chi connectivity index (χ0n) is 15.0. The molecule has 1 aromatic heterocycles. The van der Waals surface area contributed by atoms with Gasteiger partial charge in [0.15, 0.2) is 0 Å². The number of carbonyl (C=O) groups excluding carboxylic acids is 1. The first kappa shape index (κ1) is 17.3. The number of hydrogen-bond donors (Lipinski definition) is 0. The summed E-state index contributed by atoms with van der Waals surface area (Å²) in [5.41, 5.74) is 2.22. The van der Waals surface area contributed by atoms with Gasteiger partial charge in [0.05, 0.1) is 13.2 Å². The summed E-state index contributed by atoms with van der Waals surface area (Å²) < 4.78 is 7.30. The van der Waals surface area contributed by atoms with Gasteiger partial charge in [-0.05, 0) is 48.7 Å². The molecule has 0 aliphatic carbocycles. The molecule has 1 atom stereocenters. The average Bonchev–Trinajstić information content (AvgIpc) is 2.92. The van der Waals surface area contributed by atoms with Gasteiger partial charge >= 0.3 is 0 Å². The molecule has 0 N–H and O–H groups in total. The first-order chi connectivity index (χ1) is 12.2. The Morgan fingerprint density at radius 1 is 1.16 bits per heavy atom. The Bertz CT molecular complexity index is 731. The van der Waals surface area contributed by atoms with Crippen molar-refractivity contribution in [1.29, 1.82) is 0 Å². The lowest BCUT2D eigenvalue weighted by molar-refractivity contribution is -0.128. The molecule has 0 unspecified atom stereocenters. The quantitative estimate of drug-likeness (QED) is 0.784. The fourth-order valence-corrected chi connectivity index (χ4v) is 3.48. The minimum Gasteiger partial charge on any atom is -0.497 e. The molecule has 0 saturated carbocycles. The van der Waals surface area contributed by atoms with Gasteiger partial charge in [-0.25, -0.2) is 0 Å². The number of hydrogen-bond acceptors (Lipinski definition) is 2. The van der Waals surface area contributed by atoms with E-state index in [1.54, 1.807) is 13.2 Å². The van der Waals surface area contributed by atoms with E-state index >= 15 is 0 Å². The lowest BCUT2D eigenvalue weighted by atomic mass is 10.1. The molecule has 0 bridgehead atoms. The molecule has 2 heterocycles. The Morgan fingerprint density at radius 2 is 1.96 bits per heavy atom. The molecule has 1 amide bonds. The highest BCUT2D eigenvalue weighted by Crippen LogP contribution is 2.30. The van der Waals surface area contributed by atoms with Gasteiger partial charge in [-0.3, -0.25) is 4.79 Å². The van der Waals surface area contributed by atoms with Crippen LogP contribution in [0.2, 0.25) is 0 Å². The minimum atomic E-state index is 0.0870. The number of methoxy groups -OCH3 is 1. The molecule has 1 saturated heterocycles. The number of nitrogens with zero attached hydrogens (tertiary/aromatic N) is 2. The predicted molar refractivity (Wildman–Crippen MR) is 100 cm³/mol. The van der Waals surface area contributed by atoms with Gasteiger partial charge in [-0.15, -0.1) is 0 Å². The van der Waals surface area contributed by atoms with Gasteiger partial charge < -0.3 is 14.2 Å². The number of aryl methyl sites for hydroxylation is 1. The number of amides is 1. The number of likely N-dealkylation sites (tertiary alicyclic amines) is 1. The number of rotatable bonds is 4. The van der Waals surface area contributed by atoms with E-state index in [4.69, 9.17) is 4.74 Å². The van der Waals surface area contributed by atoms with Crippen molar-refractivity contribution in [3.05, 3.63) is 59.9 Å². The fourth-order valence-electron chi connectivity index (χ4n) is 3.48. The first-order valence-corrected chi connectivity index (χ1v) is 8.93. The van der Waals surface area contributed by atoms with Gasteiger partial charge in [-0.1, -0.05) is 25.0 Å². The molecule has 2 aromatic rings. The van der Waals surface area contributed by atoms with E-state index < -0.39 is 0 Å². The number of ether oxygens (including phenoxy) is 1. The van der Waals surface area contributed by atoms with Crippen LogP contribution in [0.1, 0.15) is 43.0 Å². The molecule has 25 heavy (non-hydrogen) atoms. The van der Waals surface area contributed by atoms with E-state index in [0.29, 0.717) is 0 Å². The summed E-state index contributed by atoms with van der Waals surface area (Å²) in [7, 11) is 3.70. The highest BCUT2D eigenvalue weighted by Gasteiger charge is 2.26. The number of carbonyl (C=O) groups is 1. The lowest BCUT2D eigenvalue weighted by Gasteiger charge is -2.29. The molecule has 4 nitrogen and oxygen atoms in total. The first-order valence-electron chi connectivity index (χ1n) is 8.93. The molecular formula is C21H26N2O2. The molecule has 0 spiro atoms. The highest BCUT2D eigenvalue weighted by atomic mass is 16.5. The molecule has 3 rings (SSSR count). The Balaban J connectivity index is 1.77. The summed E-state index contributed by atoms with van der Waals surface area (Å²) in [6.07, 6.45) is 10.1. The standard InChI is InChI=1S/C21H26N2O2/c1-22-15-6-8-19(22)20-7-4-3-5-16-23(20)21(24)14-11-17-9-12-18(25-2)13-10-17/h6,8-15,20H,3-5,7,16H2,1-2H3/b14-11-/t20-/m0/s1. The third-order valence-electron chi connectivity index (χ3n) is 4.90. The molecular weight excluding hydrogens is 312 g/mol. The van der Waals surface area contributed by atoms with Crippen molar-refractivity contribution in [3.8, 4) is 5.75 Å². The summed E-state index contributed by atoms with van der Waals surface area (Å²) in [5, 5.41) is 0. The van der Waals surface area contributed by atoms with E-state index in [-0.39, 0.29) is 11.9 Å². The predicted octanol–water partition coefficient (Wildman–Crippen LogP) is 4.19. The third-order valence-corrected chi connectivity index (χ3v) is 4.90. The van der Waals surface area contributed by atoms with Crippen molar-refractivity contribution in [3.63, 3.8) is 0 Å². The maximum atomic E-state index is 12.9. The molecule has 0 radical (unpaired) electrons. The van der Waals surface area contributed by atoms with Gasteiger partial charge in [0.1, 0.15) is 5.75 Å². The van der Waals surface area contributed by atoms with Crippen LogP contribution in [-0.4, -0.2) is 29.0 Å². The Morgan fingerprint density at radius 3 is 2.64 bits per heavy atom. The number of aromatic nitrogens is 1. The molecule has 4 heteroatoms. The monoisotopic (exact) mass is 338 g/mol. The number of benzene rings is 1. The van der Waals surface area contributed by atoms with Crippen molar-refractivity contribution in [2.24, 2.45) is 7.05 Å². The van der Waals surface area contributed by atoms with E-state index in [2.05, 4.69) is 29.9 Å². The van der Waals surface area contributed by atoms with Crippen LogP contribution in [0.5, 0.6) is 5.75 Å². The van der Waals surface area contributed by atoms with Crippen molar-refractivity contribution in [2.75, 3.05) is 13.7 Å². The summed E-state index contributed by atoms with van der Waals surface area (Å²) >= 11 is 0. The Labute approximate surface area is 149 Å². The summed E-state index contributed by atoms with van der Waals surface area (Å²) in [6.45, 7) is 0.821. The molecule has 1 aliphatic rings. The van der Waals surface area contributed by atoms with E-state index in [1.165, 1.54) is 18.5 Å². The third kappa shape index (κ3) is 4.13. The maximum Gasteiger partial charge on any atom is 0.247 e. The van der Waals surface area contributed by atoms with E-state index in [1.807, 2.05) is 35.2 Å². The minimum absolute atomic E-state index is 0.0870. The second-order valence-corrected chi connectivity index (χ2v) is 6.55. The fraction of sp³-hybridized carbons (Fsp3) is 0.381. The lowest BCUT2D eigenvalue weighted by Crippen LogP contribution is -2.34.